The third-order valence-corrected chi connectivity index (χ3v) is 11.8. The van der Waals surface area contributed by atoms with E-state index in [0.29, 0.717) is 23.3 Å². The number of carbonyl (C=O) groups excluding carboxylic acids is 1. The smallest absolute Gasteiger partial charge is 0.257 e. The number of aryl methyl sites for hydroxylation is 2. The summed E-state index contributed by atoms with van der Waals surface area (Å²) >= 11 is 1.65. The van der Waals surface area contributed by atoms with Gasteiger partial charge >= 0.3 is 0 Å². The number of rotatable bonds is 8. The van der Waals surface area contributed by atoms with Gasteiger partial charge in [0.15, 0.2) is 0 Å². The predicted octanol–water partition coefficient (Wildman–Crippen LogP) is 7.61. The van der Waals surface area contributed by atoms with Gasteiger partial charge in [-0.25, -0.2) is 4.98 Å². The van der Waals surface area contributed by atoms with Gasteiger partial charge in [-0.1, -0.05) is 24.3 Å². The van der Waals surface area contributed by atoms with Crippen LogP contribution in [0.3, 0.4) is 0 Å². The van der Waals surface area contributed by atoms with Crippen LogP contribution in [0.4, 0.5) is 5.82 Å². The Morgan fingerprint density at radius 2 is 1.92 bits per heavy atom. The van der Waals surface area contributed by atoms with Crippen molar-refractivity contribution < 1.29 is 18.7 Å². The van der Waals surface area contributed by atoms with Gasteiger partial charge in [0.1, 0.15) is 5.82 Å². The highest BCUT2D eigenvalue weighted by Crippen LogP contribution is 2.51. The first kappa shape index (κ1) is 29.9. The molecule has 2 saturated heterocycles. The van der Waals surface area contributed by atoms with Gasteiger partial charge in [0.25, 0.3) is 5.91 Å². The maximum atomic E-state index is 14.2. The lowest BCUT2D eigenvalue weighted by Crippen LogP contribution is -2.22. The van der Waals surface area contributed by atoms with E-state index in [1.54, 1.807) is 25.4 Å². The number of hydrogen-bond acceptors (Lipinski definition) is 10. The molecule has 0 bridgehead atoms. The van der Waals surface area contributed by atoms with Crippen molar-refractivity contribution in [3.63, 3.8) is 0 Å². The molecule has 2 fully saturated rings. The summed E-state index contributed by atoms with van der Waals surface area (Å²) in [5, 5.41) is 13.6. The molecule has 4 aromatic heterocycles. The largest absolute Gasteiger partial charge is 0.421 e. The summed E-state index contributed by atoms with van der Waals surface area (Å²) in [7, 11) is 1.77. The summed E-state index contributed by atoms with van der Waals surface area (Å²) in [5.74, 6) is 2.35. The molecule has 1 aliphatic carbocycles. The Bertz CT molecular complexity index is 2030. The lowest BCUT2D eigenvalue weighted by molar-refractivity contribution is 0.0639. The molecule has 11 heteroatoms. The fraction of sp³-hybridized carbons (Fsp3) is 0.432. The minimum absolute atomic E-state index is 0.0102. The number of anilines is 1. The normalized spacial score (nSPS) is 22.0. The fourth-order valence-electron chi connectivity index (χ4n) is 8.29. The third kappa shape index (κ3) is 4.93. The maximum Gasteiger partial charge on any atom is 0.257 e. The van der Waals surface area contributed by atoms with Crippen molar-refractivity contribution in [1.82, 2.24) is 25.1 Å². The molecular weight excluding hydrogens is 625 g/mol. The molecule has 246 valence electrons. The van der Waals surface area contributed by atoms with Crippen molar-refractivity contribution in [3.05, 3.63) is 76.6 Å². The van der Waals surface area contributed by atoms with Crippen LogP contribution >= 0.6 is 11.3 Å². The lowest BCUT2D eigenvalue weighted by atomic mass is 9.90. The van der Waals surface area contributed by atoms with E-state index in [1.807, 2.05) is 17.2 Å². The van der Waals surface area contributed by atoms with E-state index < -0.39 is 0 Å². The Labute approximate surface area is 282 Å². The van der Waals surface area contributed by atoms with Crippen molar-refractivity contribution in [1.29, 1.82) is 0 Å². The molecule has 1 amide bonds. The van der Waals surface area contributed by atoms with Crippen LogP contribution < -0.4 is 5.32 Å². The number of ether oxygens (including phenoxy) is 2. The van der Waals surface area contributed by atoms with E-state index >= 15 is 0 Å². The quantitative estimate of drug-likeness (QED) is 0.179. The SMILES string of the molecule is CO[C@@H]1C[C@@H](Nc2nccc3cc(-c4c5c(nc(CCC6CCOCC6)c4-c4nnc(C)o4)[C@@H]4CCCN4C5=O)sc23)c2ccccc21. The van der Waals surface area contributed by atoms with Gasteiger partial charge in [0.2, 0.25) is 11.8 Å². The number of carbonyl (C=O) groups is 1. The Morgan fingerprint density at radius 1 is 1.06 bits per heavy atom. The van der Waals surface area contributed by atoms with Gasteiger partial charge < -0.3 is 24.1 Å². The Hall–Kier alpha value is -4.19. The van der Waals surface area contributed by atoms with Crippen LogP contribution in [0.25, 0.3) is 32.0 Å². The Kier molecular flexibility index (Phi) is 7.51. The predicted molar refractivity (Wildman–Crippen MR) is 183 cm³/mol. The van der Waals surface area contributed by atoms with Crippen LogP contribution in [-0.2, 0) is 15.9 Å². The van der Waals surface area contributed by atoms with Gasteiger partial charge in [0, 0.05) is 56.9 Å². The van der Waals surface area contributed by atoms with Crippen molar-refractivity contribution in [3.8, 4) is 21.9 Å². The minimum atomic E-state index is 0.0102. The number of fused-ring (bicyclic) bond motifs is 5. The molecule has 1 aromatic carbocycles. The molecule has 10 nitrogen and oxygen atoms in total. The molecule has 0 unspecified atom stereocenters. The second kappa shape index (κ2) is 12.0. The average molecular weight is 663 g/mol. The van der Waals surface area contributed by atoms with Crippen LogP contribution in [-0.4, -0.2) is 57.8 Å². The van der Waals surface area contributed by atoms with Crippen molar-refractivity contribution in [2.75, 3.05) is 32.2 Å². The number of thiophene rings is 1. The summed E-state index contributed by atoms with van der Waals surface area (Å²) < 4.78 is 18.7. The maximum absolute atomic E-state index is 14.2. The number of amides is 1. The zero-order chi connectivity index (χ0) is 32.4. The zero-order valence-electron chi connectivity index (χ0n) is 27.2. The first-order valence-electron chi connectivity index (χ1n) is 17.1. The van der Waals surface area contributed by atoms with Gasteiger partial charge in [-0.15, -0.1) is 21.5 Å². The van der Waals surface area contributed by atoms with E-state index in [0.717, 1.165) is 108 Å². The number of benzene rings is 1. The first-order valence-corrected chi connectivity index (χ1v) is 17.9. The van der Waals surface area contributed by atoms with Crippen LogP contribution in [0.5, 0.6) is 0 Å². The van der Waals surface area contributed by atoms with Gasteiger partial charge in [-0.2, -0.15) is 0 Å². The topological polar surface area (TPSA) is 116 Å². The van der Waals surface area contributed by atoms with Crippen molar-refractivity contribution >= 4 is 33.1 Å². The molecule has 5 aromatic rings. The van der Waals surface area contributed by atoms with E-state index in [1.165, 1.54) is 11.1 Å². The molecule has 0 saturated carbocycles. The van der Waals surface area contributed by atoms with E-state index in [-0.39, 0.29) is 24.1 Å². The first-order chi connectivity index (χ1) is 23.6. The second-order valence-electron chi connectivity index (χ2n) is 13.4. The molecule has 48 heavy (non-hydrogen) atoms. The summed E-state index contributed by atoms with van der Waals surface area (Å²) in [6.07, 6.45) is 8.51. The summed E-state index contributed by atoms with van der Waals surface area (Å²) in [6, 6.07) is 12.8. The van der Waals surface area contributed by atoms with Crippen LogP contribution in [0, 0.1) is 12.8 Å². The number of methoxy groups -OCH3 is 1. The number of hydrogen-bond donors (Lipinski definition) is 1. The van der Waals surface area contributed by atoms with Gasteiger partial charge in [-0.3, -0.25) is 9.78 Å². The molecule has 9 rings (SSSR count). The Morgan fingerprint density at radius 3 is 2.73 bits per heavy atom. The Balaban J connectivity index is 1.19. The fourth-order valence-corrected chi connectivity index (χ4v) is 9.45. The molecule has 4 aliphatic rings. The van der Waals surface area contributed by atoms with E-state index in [4.69, 9.17) is 23.9 Å². The molecule has 1 N–H and O–H groups in total. The molecular formula is C37H38N6O4S. The van der Waals surface area contributed by atoms with Crippen molar-refractivity contribution in [2.24, 2.45) is 5.92 Å². The van der Waals surface area contributed by atoms with Crippen molar-refractivity contribution in [2.45, 2.75) is 70.1 Å². The minimum Gasteiger partial charge on any atom is -0.421 e. The number of aromatic nitrogens is 4. The second-order valence-corrected chi connectivity index (χ2v) is 14.5. The summed E-state index contributed by atoms with van der Waals surface area (Å²) in [6.45, 7) is 4.17. The molecule has 3 aliphatic heterocycles. The lowest BCUT2D eigenvalue weighted by Gasteiger charge is -2.22. The monoisotopic (exact) mass is 662 g/mol. The average Bonchev–Trinajstić information content (AvgIpc) is 3.95. The number of pyridine rings is 2. The van der Waals surface area contributed by atoms with Crippen LogP contribution in [0.1, 0.15) is 95.5 Å². The third-order valence-electron chi connectivity index (χ3n) is 10.7. The van der Waals surface area contributed by atoms with E-state index in [9.17, 15) is 4.79 Å². The van der Waals surface area contributed by atoms with Crippen LogP contribution in [0.2, 0.25) is 0 Å². The molecule has 0 radical (unpaired) electrons. The highest BCUT2D eigenvalue weighted by molar-refractivity contribution is 7.23. The molecule has 0 spiro atoms. The van der Waals surface area contributed by atoms with Gasteiger partial charge in [-0.05, 0) is 73.1 Å². The highest BCUT2D eigenvalue weighted by atomic mass is 32.1. The van der Waals surface area contributed by atoms with Crippen LogP contribution in [0.15, 0.2) is 47.0 Å². The molecule has 3 atom stereocenters. The standard InChI is InChI=1S/C37H38N6O4S/c1-20-41-42-36(47-20)30-25(10-9-21-12-16-46-17-13-21)39-33-27-8-5-15-43(27)37(44)32(33)31(30)29-18-22-11-14-38-35(34(22)48-29)40-26-19-28(45-2)24-7-4-3-6-23(24)26/h3-4,6-7,11,14,18,21,26-28H,5,8-10,12-13,15-17,19H2,1-2H3,(H,38,40)/t26-,27+,28-/m1/s1. The van der Waals surface area contributed by atoms with Gasteiger partial charge in [0.05, 0.1) is 45.4 Å². The van der Waals surface area contributed by atoms with E-state index in [2.05, 4.69) is 45.8 Å². The zero-order valence-corrected chi connectivity index (χ0v) is 28.0. The number of nitrogens with zero attached hydrogens (tertiary/aromatic N) is 5. The summed E-state index contributed by atoms with van der Waals surface area (Å²) in [5.41, 5.74) is 6.62. The number of nitrogens with one attached hydrogen (secondary N) is 1. The highest BCUT2D eigenvalue weighted by Gasteiger charge is 2.45. The molecule has 7 heterocycles. The summed E-state index contributed by atoms with van der Waals surface area (Å²) in [4.78, 5) is 27.4.